The monoisotopic (exact) mass is 197 g/mol. The molecule has 3 heteroatoms. The molecule has 0 radical (unpaired) electrons. The topological polar surface area (TPSA) is 26.0 Å². The van der Waals surface area contributed by atoms with E-state index in [4.69, 9.17) is 5.73 Å². The molecule has 0 aliphatic heterocycles. The Balaban J connectivity index is 2.90. The SMILES string of the molecule is C[Si](C)(C)C(N)c1ccc(F)cc1. The molecule has 1 atom stereocenters. The summed E-state index contributed by atoms with van der Waals surface area (Å²) in [4.78, 5) is 0. The highest BCUT2D eigenvalue weighted by atomic mass is 28.3. The molecule has 0 bridgehead atoms. The van der Waals surface area contributed by atoms with Crippen LogP contribution in [-0.4, -0.2) is 8.07 Å². The lowest BCUT2D eigenvalue weighted by Crippen LogP contribution is -2.37. The van der Waals surface area contributed by atoms with Crippen LogP contribution in [0.25, 0.3) is 0 Å². The number of benzene rings is 1. The minimum atomic E-state index is -1.36. The van der Waals surface area contributed by atoms with Gasteiger partial charge < -0.3 is 5.73 Å². The molecule has 0 saturated carbocycles. The summed E-state index contributed by atoms with van der Waals surface area (Å²) in [5, 5.41) is 0. The average Bonchev–Trinajstić information content (AvgIpc) is 2.03. The van der Waals surface area contributed by atoms with Crippen LogP contribution < -0.4 is 5.73 Å². The molecule has 72 valence electrons. The maximum absolute atomic E-state index is 12.6. The molecule has 1 unspecified atom stereocenters. The quantitative estimate of drug-likeness (QED) is 0.725. The molecule has 0 aliphatic carbocycles. The van der Waals surface area contributed by atoms with Gasteiger partial charge in [-0.15, -0.1) is 0 Å². The third-order valence-electron chi connectivity index (χ3n) is 2.16. The van der Waals surface area contributed by atoms with Gasteiger partial charge in [-0.3, -0.25) is 0 Å². The van der Waals surface area contributed by atoms with Crippen LogP contribution in [0.2, 0.25) is 19.6 Å². The number of nitrogens with two attached hydrogens (primary N) is 1. The van der Waals surface area contributed by atoms with E-state index in [1.807, 2.05) is 0 Å². The molecule has 0 heterocycles. The van der Waals surface area contributed by atoms with Crippen molar-refractivity contribution in [3.8, 4) is 0 Å². The fourth-order valence-electron chi connectivity index (χ4n) is 1.17. The Morgan fingerprint density at radius 2 is 1.62 bits per heavy atom. The van der Waals surface area contributed by atoms with Crippen molar-refractivity contribution < 1.29 is 4.39 Å². The van der Waals surface area contributed by atoms with Gasteiger partial charge in [0.2, 0.25) is 0 Å². The molecule has 0 fully saturated rings. The van der Waals surface area contributed by atoms with Gasteiger partial charge in [0.25, 0.3) is 0 Å². The summed E-state index contributed by atoms with van der Waals surface area (Å²) in [5.74, 6) is -0.202. The average molecular weight is 197 g/mol. The first-order valence-electron chi connectivity index (χ1n) is 4.42. The van der Waals surface area contributed by atoms with Gasteiger partial charge in [-0.25, -0.2) is 4.39 Å². The normalized spacial score (nSPS) is 14.2. The molecule has 1 nitrogen and oxygen atoms in total. The van der Waals surface area contributed by atoms with Crippen LogP contribution in [0.15, 0.2) is 24.3 Å². The van der Waals surface area contributed by atoms with E-state index < -0.39 is 8.07 Å². The Morgan fingerprint density at radius 3 is 2.00 bits per heavy atom. The molecule has 0 amide bonds. The van der Waals surface area contributed by atoms with Gasteiger partial charge in [-0.1, -0.05) is 31.8 Å². The molecule has 0 saturated heterocycles. The number of rotatable bonds is 2. The summed E-state index contributed by atoms with van der Waals surface area (Å²) < 4.78 is 12.6. The fraction of sp³-hybridized carbons (Fsp3) is 0.400. The summed E-state index contributed by atoms with van der Waals surface area (Å²) in [6.07, 6.45) is 0. The standard InChI is InChI=1S/C10H16FNSi/c1-13(2,3)10(12)8-4-6-9(11)7-5-8/h4-7,10H,12H2,1-3H3. The minimum absolute atomic E-state index is 0.0908. The van der Waals surface area contributed by atoms with Crippen LogP contribution in [0.1, 0.15) is 11.2 Å². The summed E-state index contributed by atoms with van der Waals surface area (Å²) >= 11 is 0. The van der Waals surface area contributed by atoms with Crippen molar-refractivity contribution in [2.75, 3.05) is 0 Å². The first-order chi connectivity index (χ1) is 5.91. The molecule has 0 spiro atoms. The lowest BCUT2D eigenvalue weighted by molar-refractivity contribution is 0.626. The van der Waals surface area contributed by atoms with Gasteiger partial charge in [0.15, 0.2) is 0 Å². The Morgan fingerprint density at radius 1 is 1.15 bits per heavy atom. The van der Waals surface area contributed by atoms with Crippen LogP contribution >= 0.6 is 0 Å². The highest BCUT2D eigenvalue weighted by molar-refractivity contribution is 6.77. The van der Waals surface area contributed by atoms with E-state index in [2.05, 4.69) is 19.6 Å². The second-order valence-electron chi connectivity index (χ2n) is 4.40. The van der Waals surface area contributed by atoms with Crippen LogP contribution in [0.3, 0.4) is 0 Å². The fourth-order valence-corrected chi connectivity index (χ4v) is 2.36. The molecule has 0 aromatic heterocycles. The Bertz CT molecular complexity index is 276. The van der Waals surface area contributed by atoms with Gasteiger partial charge in [-0.2, -0.15) is 0 Å². The Labute approximate surface area is 79.8 Å². The van der Waals surface area contributed by atoms with Crippen molar-refractivity contribution in [1.29, 1.82) is 0 Å². The molecule has 1 rings (SSSR count). The van der Waals surface area contributed by atoms with Gasteiger partial charge in [0, 0.05) is 5.67 Å². The largest absolute Gasteiger partial charge is 0.326 e. The van der Waals surface area contributed by atoms with Crippen LogP contribution in [-0.2, 0) is 0 Å². The highest BCUT2D eigenvalue weighted by Gasteiger charge is 2.24. The number of hydrogen-bond donors (Lipinski definition) is 1. The van der Waals surface area contributed by atoms with Crippen molar-refractivity contribution in [1.82, 2.24) is 0 Å². The van der Waals surface area contributed by atoms with Crippen LogP contribution in [0, 0.1) is 5.82 Å². The zero-order chi connectivity index (χ0) is 10.1. The van der Waals surface area contributed by atoms with E-state index in [-0.39, 0.29) is 11.5 Å². The summed E-state index contributed by atoms with van der Waals surface area (Å²) in [6.45, 7) is 6.63. The maximum Gasteiger partial charge on any atom is 0.123 e. The second kappa shape index (κ2) is 3.60. The van der Waals surface area contributed by atoms with Crippen molar-refractivity contribution in [3.05, 3.63) is 35.6 Å². The molecule has 1 aromatic rings. The molecule has 0 aliphatic rings. The van der Waals surface area contributed by atoms with E-state index in [1.54, 1.807) is 12.1 Å². The van der Waals surface area contributed by atoms with Crippen LogP contribution in [0.5, 0.6) is 0 Å². The van der Waals surface area contributed by atoms with Gasteiger partial charge >= 0.3 is 0 Å². The summed E-state index contributed by atoms with van der Waals surface area (Å²) in [6, 6.07) is 6.49. The van der Waals surface area contributed by atoms with E-state index in [1.165, 1.54) is 12.1 Å². The minimum Gasteiger partial charge on any atom is -0.326 e. The lowest BCUT2D eigenvalue weighted by Gasteiger charge is -2.25. The second-order valence-corrected chi connectivity index (χ2v) is 9.75. The van der Waals surface area contributed by atoms with Crippen molar-refractivity contribution >= 4 is 8.07 Å². The third kappa shape index (κ3) is 2.64. The lowest BCUT2D eigenvalue weighted by atomic mass is 10.2. The number of hydrogen-bond acceptors (Lipinski definition) is 1. The van der Waals surface area contributed by atoms with Gasteiger partial charge in [0.1, 0.15) is 5.82 Å². The molecule has 2 N–H and O–H groups in total. The van der Waals surface area contributed by atoms with E-state index in [9.17, 15) is 4.39 Å². The predicted molar refractivity (Wildman–Crippen MR) is 56.7 cm³/mol. The summed E-state index contributed by atoms with van der Waals surface area (Å²) in [7, 11) is -1.36. The van der Waals surface area contributed by atoms with Gasteiger partial charge in [-0.05, 0) is 17.7 Å². The molecule has 1 aromatic carbocycles. The first kappa shape index (κ1) is 10.4. The zero-order valence-corrected chi connectivity index (χ0v) is 9.34. The smallest absolute Gasteiger partial charge is 0.123 e. The predicted octanol–water partition coefficient (Wildman–Crippen LogP) is 2.70. The van der Waals surface area contributed by atoms with Crippen molar-refractivity contribution in [2.24, 2.45) is 5.73 Å². The first-order valence-corrected chi connectivity index (χ1v) is 8.00. The Hall–Kier alpha value is -0.673. The molecular weight excluding hydrogens is 181 g/mol. The van der Waals surface area contributed by atoms with E-state index in [0.717, 1.165) is 5.56 Å². The van der Waals surface area contributed by atoms with E-state index in [0.29, 0.717) is 0 Å². The van der Waals surface area contributed by atoms with E-state index >= 15 is 0 Å². The highest BCUT2D eigenvalue weighted by Crippen LogP contribution is 2.21. The summed E-state index contributed by atoms with van der Waals surface area (Å²) in [5.41, 5.74) is 7.19. The molecular formula is C10H16FNSi. The van der Waals surface area contributed by atoms with Crippen LogP contribution in [0.4, 0.5) is 4.39 Å². The Kier molecular flexibility index (Phi) is 2.88. The number of halogens is 1. The van der Waals surface area contributed by atoms with Crippen molar-refractivity contribution in [2.45, 2.75) is 25.3 Å². The third-order valence-corrected chi connectivity index (χ3v) is 4.36. The zero-order valence-electron chi connectivity index (χ0n) is 8.34. The maximum atomic E-state index is 12.6. The van der Waals surface area contributed by atoms with Crippen molar-refractivity contribution in [3.63, 3.8) is 0 Å². The molecule has 13 heavy (non-hydrogen) atoms. The van der Waals surface area contributed by atoms with Gasteiger partial charge in [0.05, 0.1) is 8.07 Å².